The Labute approximate surface area is 327 Å². The Kier molecular flexibility index (Phi) is 10.6. The normalized spacial score (nSPS) is 12.1. The van der Waals surface area contributed by atoms with Crippen LogP contribution in [0.15, 0.2) is 176 Å². The van der Waals surface area contributed by atoms with Crippen LogP contribution in [0.4, 0.5) is 0 Å². The van der Waals surface area contributed by atoms with E-state index in [2.05, 4.69) is 138 Å². The van der Waals surface area contributed by atoms with Gasteiger partial charge in [-0.15, -0.1) is 71.3 Å². The van der Waals surface area contributed by atoms with Gasteiger partial charge in [-0.3, -0.25) is 0 Å². The number of pyridine rings is 2. The Hall–Kier alpha value is -5.51. The molecule has 0 unspecified atom stereocenters. The van der Waals surface area contributed by atoms with E-state index in [0.717, 1.165) is 28.2 Å². The maximum atomic E-state index is 4.51. The van der Waals surface area contributed by atoms with Crippen molar-refractivity contribution in [1.82, 2.24) is 9.97 Å². The minimum atomic E-state index is -1.80. The van der Waals surface area contributed by atoms with Crippen molar-refractivity contribution in [3.05, 3.63) is 194 Å². The van der Waals surface area contributed by atoms with Gasteiger partial charge < -0.3 is 9.97 Å². The van der Waals surface area contributed by atoms with E-state index in [1.54, 1.807) is 10.4 Å². The second-order valence-corrected chi connectivity index (χ2v) is 18.0. The first-order chi connectivity index (χ1) is 25.5. The van der Waals surface area contributed by atoms with Gasteiger partial charge in [-0.25, -0.2) is 0 Å². The predicted molar refractivity (Wildman–Crippen MR) is 220 cm³/mol. The van der Waals surface area contributed by atoms with Crippen LogP contribution in [0.5, 0.6) is 0 Å². The molecule has 0 amide bonds. The predicted octanol–water partition coefficient (Wildman–Crippen LogP) is 11.2. The van der Waals surface area contributed by atoms with Crippen molar-refractivity contribution in [3.8, 4) is 67.0 Å². The van der Waals surface area contributed by atoms with Crippen LogP contribution in [0.1, 0.15) is 5.69 Å². The topological polar surface area (TPSA) is 25.8 Å². The van der Waals surface area contributed by atoms with Crippen molar-refractivity contribution in [3.63, 3.8) is 0 Å². The van der Waals surface area contributed by atoms with Gasteiger partial charge in [-0.2, -0.15) is 0 Å². The van der Waals surface area contributed by atoms with Crippen molar-refractivity contribution in [1.29, 1.82) is 0 Å². The average Bonchev–Trinajstić information content (AvgIpc) is 3.45. The van der Waals surface area contributed by atoms with E-state index in [4.69, 9.17) is 0 Å². The van der Waals surface area contributed by atoms with Crippen molar-refractivity contribution in [2.75, 3.05) is 0 Å². The van der Waals surface area contributed by atoms with Crippen LogP contribution in [-0.4, -0.2) is 18.0 Å². The molecular weight excluding hydrogens is 837 g/mol. The van der Waals surface area contributed by atoms with Crippen LogP contribution < -0.4 is 10.4 Å². The van der Waals surface area contributed by atoms with Crippen LogP contribution in [0.2, 0.25) is 13.1 Å². The smallest absolute Gasteiger partial charge is 0.114 e. The molecule has 259 valence electrons. The minimum absolute atomic E-state index is 0. The summed E-state index contributed by atoms with van der Waals surface area (Å²) in [6.07, 6.45) is 1.83. The van der Waals surface area contributed by atoms with Gasteiger partial charge in [-0.1, -0.05) is 116 Å². The third-order valence-corrected chi connectivity index (χ3v) is 13.5. The minimum Gasteiger partial charge on any atom is -0.305 e. The Bertz CT molecular complexity index is 2510. The Morgan fingerprint density at radius 3 is 1.81 bits per heavy atom. The van der Waals surface area contributed by atoms with Crippen LogP contribution >= 0.6 is 0 Å². The van der Waals surface area contributed by atoms with E-state index in [1.165, 1.54) is 44.5 Å². The molecule has 0 spiro atoms. The van der Waals surface area contributed by atoms with Gasteiger partial charge in [0.15, 0.2) is 0 Å². The van der Waals surface area contributed by atoms with Crippen molar-refractivity contribution >= 4 is 18.4 Å². The molecule has 0 bridgehead atoms. The second kappa shape index (κ2) is 15.6. The summed E-state index contributed by atoms with van der Waals surface area (Å²) in [7, 11) is -1.80. The monoisotopic (exact) mass is 875 g/mol. The molecule has 6 aromatic carbocycles. The van der Waals surface area contributed by atoms with E-state index in [9.17, 15) is 0 Å². The summed E-state index contributed by atoms with van der Waals surface area (Å²) in [5, 5.41) is 3.10. The molecule has 0 atom stereocenters. The molecule has 9 rings (SSSR count). The molecular formula is C49H38IrN2Si-2. The van der Waals surface area contributed by atoms with E-state index in [1.807, 2.05) is 79.9 Å². The molecule has 2 aromatic heterocycles. The van der Waals surface area contributed by atoms with E-state index in [-0.39, 0.29) is 20.1 Å². The molecule has 8 aromatic rings. The van der Waals surface area contributed by atoms with Gasteiger partial charge in [-0.05, 0) is 91.9 Å². The number of aryl methyl sites for hydroxylation is 1. The van der Waals surface area contributed by atoms with Gasteiger partial charge in [0.25, 0.3) is 0 Å². The maximum Gasteiger partial charge on any atom is 0.114 e. The maximum absolute atomic E-state index is 4.51. The van der Waals surface area contributed by atoms with Gasteiger partial charge in [0.2, 0.25) is 0 Å². The first-order valence-corrected chi connectivity index (χ1v) is 20.7. The SMILES string of the molecule is C[Si]1(C)c2ccccc2-c2cccc(-c3cccc(-c4cccc(-c5cc[c-]c(-c6ccccn6)c5)c4)c3)c21.Cc1cccc(-c2[c-]cccc2)n1.[Ir]. The summed E-state index contributed by atoms with van der Waals surface area (Å²) in [4.78, 5) is 8.92. The summed E-state index contributed by atoms with van der Waals surface area (Å²) in [6, 6.07) is 66.4. The van der Waals surface area contributed by atoms with Gasteiger partial charge in [0, 0.05) is 32.0 Å². The molecule has 0 aliphatic carbocycles. The Morgan fingerprint density at radius 2 is 1.08 bits per heavy atom. The third-order valence-electron chi connectivity index (χ3n) is 9.90. The number of nitrogens with zero attached hydrogens (tertiary/aromatic N) is 2. The van der Waals surface area contributed by atoms with E-state index >= 15 is 0 Å². The van der Waals surface area contributed by atoms with Crippen molar-refractivity contribution in [2.24, 2.45) is 0 Å². The fraction of sp³-hybridized carbons (Fsp3) is 0.0612. The number of hydrogen-bond donors (Lipinski definition) is 0. The summed E-state index contributed by atoms with van der Waals surface area (Å²) in [5.74, 6) is 0. The first kappa shape index (κ1) is 35.9. The number of fused-ring (bicyclic) bond motifs is 3. The zero-order valence-corrected chi connectivity index (χ0v) is 33.4. The van der Waals surface area contributed by atoms with Crippen LogP contribution in [0.3, 0.4) is 0 Å². The standard InChI is InChI=1S/C37H28NSi.C12H10N.Ir/c1-39(2)36-21-4-3-17-33(36)34-19-10-18-32(37(34)39)30-15-8-13-28(24-30)26-11-7-12-27(23-26)29-14-9-16-31(25-29)35-20-5-6-22-38-35;1-10-6-5-9-12(13-10)11-7-3-2-4-8-11;/h3-15,17-25H,1-2H3;2-7,9H,1H3;/q2*-1;. The molecule has 1 radical (unpaired) electrons. The van der Waals surface area contributed by atoms with Gasteiger partial charge in [0.05, 0.1) is 0 Å². The van der Waals surface area contributed by atoms with Gasteiger partial charge in [0.1, 0.15) is 8.07 Å². The number of benzene rings is 6. The number of hydrogen-bond acceptors (Lipinski definition) is 2. The molecule has 2 nitrogen and oxygen atoms in total. The molecule has 0 fully saturated rings. The zero-order valence-electron chi connectivity index (χ0n) is 30.0. The van der Waals surface area contributed by atoms with Crippen LogP contribution in [0.25, 0.3) is 67.0 Å². The number of rotatable bonds is 5. The molecule has 4 heteroatoms. The van der Waals surface area contributed by atoms with Crippen LogP contribution in [0, 0.1) is 19.1 Å². The summed E-state index contributed by atoms with van der Waals surface area (Å²) >= 11 is 0. The quantitative estimate of drug-likeness (QED) is 0.127. The fourth-order valence-corrected chi connectivity index (χ4v) is 10.9. The molecule has 3 heterocycles. The molecule has 0 N–H and O–H groups in total. The Morgan fingerprint density at radius 1 is 0.472 bits per heavy atom. The molecule has 53 heavy (non-hydrogen) atoms. The molecule has 0 saturated heterocycles. The van der Waals surface area contributed by atoms with E-state index < -0.39 is 8.07 Å². The number of aromatic nitrogens is 2. The molecule has 1 aliphatic heterocycles. The summed E-state index contributed by atoms with van der Waals surface area (Å²) in [6.45, 7) is 6.97. The Balaban J connectivity index is 0.000000263. The molecule has 0 saturated carbocycles. The summed E-state index contributed by atoms with van der Waals surface area (Å²) in [5.41, 5.74) is 15.3. The first-order valence-electron chi connectivity index (χ1n) is 17.7. The third kappa shape index (κ3) is 7.40. The zero-order chi connectivity index (χ0) is 35.5. The second-order valence-electron chi connectivity index (χ2n) is 13.7. The van der Waals surface area contributed by atoms with Crippen LogP contribution in [-0.2, 0) is 20.1 Å². The van der Waals surface area contributed by atoms with E-state index in [0.29, 0.717) is 0 Å². The largest absolute Gasteiger partial charge is 0.305 e. The summed E-state index contributed by atoms with van der Waals surface area (Å²) < 4.78 is 0. The van der Waals surface area contributed by atoms with Crippen molar-refractivity contribution in [2.45, 2.75) is 20.0 Å². The van der Waals surface area contributed by atoms with Crippen molar-refractivity contribution < 1.29 is 20.1 Å². The fourth-order valence-electron chi connectivity index (χ4n) is 7.39. The average molecular weight is 875 g/mol. The van der Waals surface area contributed by atoms with Gasteiger partial charge >= 0.3 is 0 Å². The molecule has 1 aliphatic rings.